The Morgan fingerprint density at radius 2 is 2.17 bits per heavy atom. The van der Waals surface area contributed by atoms with Crippen molar-refractivity contribution in [1.29, 1.82) is 0 Å². The standard InChI is InChI=1S/C7H7NO4/c9-4-5-1-2-7(10)6(3-5)8(11)12/h1-3,9-10H,4H2/p-1. The average Bonchev–Trinajstić information content (AvgIpc) is 2.05. The summed E-state index contributed by atoms with van der Waals surface area (Å²) in [6.07, 6.45) is 0. The van der Waals surface area contributed by atoms with Crippen LogP contribution >= 0.6 is 0 Å². The summed E-state index contributed by atoms with van der Waals surface area (Å²) in [5, 5.41) is 29.6. The van der Waals surface area contributed by atoms with Gasteiger partial charge in [-0.3, -0.25) is 10.1 Å². The predicted molar refractivity (Wildman–Crippen MR) is 38.5 cm³/mol. The summed E-state index contributed by atoms with van der Waals surface area (Å²) in [5.74, 6) is -0.641. The number of nitrogens with zero attached hydrogens (tertiary/aromatic N) is 1. The van der Waals surface area contributed by atoms with Crippen LogP contribution in [0.25, 0.3) is 0 Å². The van der Waals surface area contributed by atoms with Crippen LogP contribution in [0.4, 0.5) is 5.69 Å². The largest absolute Gasteiger partial charge is 0.868 e. The zero-order valence-corrected chi connectivity index (χ0v) is 6.06. The Bertz CT molecular complexity index is 310. The fourth-order valence-corrected chi connectivity index (χ4v) is 0.804. The quantitative estimate of drug-likeness (QED) is 0.503. The average molecular weight is 168 g/mol. The van der Waals surface area contributed by atoms with Crippen LogP contribution in [0.15, 0.2) is 18.2 Å². The minimum Gasteiger partial charge on any atom is -0.868 e. The van der Waals surface area contributed by atoms with Gasteiger partial charge in [-0.05, 0) is 11.3 Å². The van der Waals surface area contributed by atoms with E-state index in [1.807, 2.05) is 0 Å². The van der Waals surface area contributed by atoms with Gasteiger partial charge in [-0.2, -0.15) is 0 Å². The lowest BCUT2D eigenvalue weighted by Crippen LogP contribution is -1.98. The van der Waals surface area contributed by atoms with Gasteiger partial charge in [0.25, 0.3) is 5.69 Å². The molecule has 5 heteroatoms. The first kappa shape index (κ1) is 8.48. The normalized spacial score (nSPS) is 9.75. The number of rotatable bonds is 2. The lowest BCUT2D eigenvalue weighted by molar-refractivity contribution is -0.398. The molecular weight excluding hydrogens is 162 g/mol. The molecule has 12 heavy (non-hydrogen) atoms. The molecule has 0 heterocycles. The highest BCUT2D eigenvalue weighted by atomic mass is 16.6. The van der Waals surface area contributed by atoms with Crippen molar-refractivity contribution in [2.75, 3.05) is 0 Å². The first-order valence-corrected chi connectivity index (χ1v) is 3.20. The van der Waals surface area contributed by atoms with E-state index in [4.69, 9.17) is 5.11 Å². The minimum atomic E-state index is -0.762. The van der Waals surface area contributed by atoms with Crippen molar-refractivity contribution in [2.24, 2.45) is 0 Å². The maximum atomic E-state index is 10.8. The molecule has 0 saturated heterocycles. The van der Waals surface area contributed by atoms with E-state index in [0.717, 1.165) is 12.1 Å². The van der Waals surface area contributed by atoms with Crippen LogP contribution in [0.1, 0.15) is 5.56 Å². The van der Waals surface area contributed by atoms with Gasteiger partial charge >= 0.3 is 0 Å². The molecule has 1 rings (SSSR count). The van der Waals surface area contributed by atoms with E-state index in [-0.39, 0.29) is 6.61 Å². The summed E-state index contributed by atoms with van der Waals surface area (Å²) in [6, 6.07) is 3.50. The molecule has 0 atom stereocenters. The summed E-state index contributed by atoms with van der Waals surface area (Å²) in [7, 11) is 0. The number of hydrogen-bond donors (Lipinski definition) is 1. The molecule has 0 spiro atoms. The molecule has 1 aromatic rings. The Morgan fingerprint density at radius 3 is 2.67 bits per heavy atom. The van der Waals surface area contributed by atoms with Crippen molar-refractivity contribution in [3.05, 3.63) is 33.9 Å². The topological polar surface area (TPSA) is 86.4 Å². The van der Waals surface area contributed by atoms with E-state index in [9.17, 15) is 15.2 Å². The zero-order valence-electron chi connectivity index (χ0n) is 6.06. The number of benzene rings is 1. The number of aliphatic hydroxyl groups excluding tert-OH is 1. The lowest BCUT2D eigenvalue weighted by atomic mass is 10.2. The third-order valence-corrected chi connectivity index (χ3v) is 1.40. The van der Waals surface area contributed by atoms with Crippen LogP contribution in [0.3, 0.4) is 0 Å². The molecule has 0 aliphatic carbocycles. The second-order valence-electron chi connectivity index (χ2n) is 2.22. The Balaban J connectivity index is 3.17. The third-order valence-electron chi connectivity index (χ3n) is 1.40. The fraction of sp³-hybridized carbons (Fsp3) is 0.143. The van der Waals surface area contributed by atoms with E-state index in [0.29, 0.717) is 5.56 Å². The molecule has 0 aliphatic heterocycles. The van der Waals surface area contributed by atoms with Crippen molar-refractivity contribution in [1.82, 2.24) is 0 Å². The summed E-state index contributed by atoms with van der Waals surface area (Å²) in [4.78, 5) is 9.45. The van der Waals surface area contributed by atoms with E-state index >= 15 is 0 Å². The third kappa shape index (κ3) is 1.51. The SMILES string of the molecule is O=[N+]([O-])c1cc(CO)ccc1[O-]. The first-order valence-electron chi connectivity index (χ1n) is 3.20. The van der Waals surface area contributed by atoms with E-state index in [2.05, 4.69) is 0 Å². The van der Waals surface area contributed by atoms with Gasteiger partial charge in [-0.25, -0.2) is 0 Å². The summed E-state index contributed by atoms with van der Waals surface area (Å²) in [6.45, 7) is -0.304. The molecule has 0 unspecified atom stereocenters. The Hall–Kier alpha value is -1.62. The molecule has 1 N–H and O–H groups in total. The van der Waals surface area contributed by atoms with Gasteiger partial charge in [0.15, 0.2) is 0 Å². The summed E-state index contributed by atoms with van der Waals surface area (Å²) >= 11 is 0. The van der Waals surface area contributed by atoms with Crippen LogP contribution in [0, 0.1) is 10.1 Å². The first-order chi connectivity index (χ1) is 5.65. The van der Waals surface area contributed by atoms with Crippen LogP contribution in [-0.2, 0) is 6.61 Å². The number of nitro groups is 1. The number of nitro benzene ring substituents is 1. The number of aliphatic hydroxyl groups is 1. The molecule has 0 aliphatic rings. The molecule has 0 fully saturated rings. The van der Waals surface area contributed by atoms with Gasteiger partial charge in [0.05, 0.1) is 11.5 Å². The highest BCUT2D eigenvalue weighted by Gasteiger charge is 2.06. The molecule has 0 amide bonds. The molecule has 64 valence electrons. The van der Waals surface area contributed by atoms with Crippen molar-refractivity contribution >= 4 is 5.69 Å². The van der Waals surface area contributed by atoms with E-state index in [1.165, 1.54) is 6.07 Å². The van der Waals surface area contributed by atoms with Crippen molar-refractivity contribution in [3.63, 3.8) is 0 Å². The van der Waals surface area contributed by atoms with Crippen LogP contribution in [0.2, 0.25) is 0 Å². The van der Waals surface area contributed by atoms with E-state index < -0.39 is 16.4 Å². The van der Waals surface area contributed by atoms with Gasteiger partial charge in [0, 0.05) is 6.07 Å². The second kappa shape index (κ2) is 3.19. The maximum Gasteiger partial charge on any atom is 0.262 e. The van der Waals surface area contributed by atoms with Crippen LogP contribution < -0.4 is 5.11 Å². The Kier molecular flexibility index (Phi) is 2.25. The molecule has 0 radical (unpaired) electrons. The van der Waals surface area contributed by atoms with Gasteiger partial charge in [0.2, 0.25) is 0 Å². The van der Waals surface area contributed by atoms with Crippen LogP contribution in [-0.4, -0.2) is 10.0 Å². The summed E-state index contributed by atoms with van der Waals surface area (Å²) < 4.78 is 0. The highest BCUT2D eigenvalue weighted by Crippen LogP contribution is 2.23. The molecule has 0 bridgehead atoms. The smallest absolute Gasteiger partial charge is 0.262 e. The van der Waals surface area contributed by atoms with Gasteiger partial charge in [-0.15, -0.1) is 0 Å². The Labute approximate surface area is 68.0 Å². The van der Waals surface area contributed by atoms with Gasteiger partial charge in [-0.1, -0.05) is 12.1 Å². The van der Waals surface area contributed by atoms with Crippen LogP contribution in [0.5, 0.6) is 5.75 Å². The Morgan fingerprint density at radius 1 is 1.50 bits per heavy atom. The summed E-state index contributed by atoms with van der Waals surface area (Å²) in [5.41, 5.74) is -0.136. The highest BCUT2D eigenvalue weighted by molar-refractivity contribution is 5.46. The van der Waals surface area contributed by atoms with Crippen molar-refractivity contribution in [2.45, 2.75) is 6.61 Å². The monoisotopic (exact) mass is 168 g/mol. The number of hydrogen-bond acceptors (Lipinski definition) is 4. The van der Waals surface area contributed by atoms with E-state index in [1.54, 1.807) is 0 Å². The maximum absolute atomic E-state index is 10.8. The molecule has 5 nitrogen and oxygen atoms in total. The molecule has 0 aromatic heterocycles. The minimum absolute atomic E-state index is 0.304. The molecule has 1 aromatic carbocycles. The zero-order chi connectivity index (χ0) is 9.14. The van der Waals surface area contributed by atoms with Gasteiger partial charge in [0.1, 0.15) is 0 Å². The molecule has 0 saturated carbocycles. The predicted octanol–water partition coefficient (Wildman–Crippen LogP) is 0.161. The second-order valence-corrected chi connectivity index (χ2v) is 2.22. The van der Waals surface area contributed by atoms with Crippen molar-refractivity contribution < 1.29 is 15.1 Å². The van der Waals surface area contributed by atoms with Crippen molar-refractivity contribution in [3.8, 4) is 5.75 Å². The van der Waals surface area contributed by atoms with Gasteiger partial charge < -0.3 is 10.2 Å². The molecular formula is C7H6NO4-. The fourth-order valence-electron chi connectivity index (χ4n) is 0.804. The lowest BCUT2D eigenvalue weighted by Gasteiger charge is -2.06.